The highest BCUT2D eigenvalue weighted by Crippen LogP contribution is 2.14. The molecule has 0 saturated heterocycles. The average Bonchev–Trinajstić information content (AvgIpc) is 2.36. The van der Waals surface area contributed by atoms with Crippen molar-refractivity contribution in [2.24, 2.45) is 5.10 Å². The van der Waals surface area contributed by atoms with Gasteiger partial charge in [-0.15, -0.1) is 0 Å². The summed E-state index contributed by atoms with van der Waals surface area (Å²) in [6, 6.07) is 4.16. The van der Waals surface area contributed by atoms with Crippen LogP contribution in [0.15, 0.2) is 22.0 Å². The van der Waals surface area contributed by atoms with Crippen LogP contribution in [0.5, 0.6) is 0 Å². The lowest BCUT2D eigenvalue weighted by molar-refractivity contribution is 0.720. The maximum Gasteiger partial charge on any atom is 0.296 e. The molecular weight excluding hydrogens is 272 g/mol. The Morgan fingerprint density at radius 2 is 1.85 bits per heavy atom. The molecular formula is C14H16N4OS. The highest BCUT2D eigenvalue weighted by atomic mass is 32.1. The number of rotatable bonds is 2. The molecule has 20 heavy (non-hydrogen) atoms. The molecule has 0 atom stereocenters. The summed E-state index contributed by atoms with van der Waals surface area (Å²) < 4.78 is 1.33. The van der Waals surface area contributed by atoms with E-state index in [4.69, 9.17) is 12.2 Å². The minimum atomic E-state index is -0.313. The first-order chi connectivity index (χ1) is 9.40. The van der Waals surface area contributed by atoms with Crippen LogP contribution in [-0.2, 0) is 0 Å². The zero-order valence-corrected chi connectivity index (χ0v) is 12.7. The second-order valence-electron chi connectivity index (χ2n) is 4.79. The lowest BCUT2D eigenvalue weighted by Crippen LogP contribution is -2.22. The third kappa shape index (κ3) is 2.75. The summed E-state index contributed by atoms with van der Waals surface area (Å²) in [7, 11) is 0. The van der Waals surface area contributed by atoms with Crippen LogP contribution in [0, 0.1) is 32.5 Å². The largest absolute Gasteiger partial charge is 0.296 e. The molecule has 0 aliphatic rings. The van der Waals surface area contributed by atoms with Crippen molar-refractivity contribution in [3.8, 4) is 0 Å². The van der Waals surface area contributed by atoms with Gasteiger partial charge in [-0.1, -0.05) is 17.7 Å². The number of nitrogens with zero attached hydrogens (tertiary/aromatic N) is 3. The van der Waals surface area contributed by atoms with E-state index >= 15 is 0 Å². The number of hydrogen-bond acceptors (Lipinski definition) is 4. The molecule has 2 aromatic rings. The van der Waals surface area contributed by atoms with E-state index < -0.39 is 0 Å². The Balaban J connectivity index is 2.54. The molecule has 1 aromatic carbocycles. The van der Waals surface area contributed by atoms with Gasteiger partial charge in [0, 0.05) is 5.56 Å². The van der Waals surface area contributed by atoms with E-state index in [0.29, 0.717) is 5.69 Å². The van der Waals surface area contributed by atoms with Gasteiger partial charge >= 0.3 is 0 Å². The molecule has 0 unspecified atom stereocenters. The Hall–Kier alpha value is -2.08. The molecule has 1 aromatic heterocycles. The Morgan fingerprint density at radius 3 is 2.45 bits per heavy atom. The summed E-state index contributed by atoms with van der Waals surface area (Å²) in [5.41, 5.74) is 4.43. The zero-order chi connectivity index (χ0) is 14.9. The van der Waals surface area contributed by atoms with Gasteiger partial charge in [0.2, 0.25) is 4.77 Å². The highest BCUT2D eigenvalue weighted by molar-refractivity contribution is 7.71. The van der Waals surface area contributed by atoms with Crippen LogP contribution in [0.1, 0.15) is 27.9 Å². The fraction of sp³-hybridized carbons (Fsp3) is 0.286. The number of aryl methyl sites for hydroxylation is 4. The molecule has 1 heterocycles. The van der Waals surface area contributed by atoms with Crippen LogP contribution in [0.25, 0.3) is 0 Å². The van der Waals surface area contributed by atoms with Crippen molar-refractivity contribution < 1.29 is 0 Å². The zero-order valence-electron chi connectivity index (χ0n) is 11.9. The van der Waals surface area contributed by atoms with E-state index in [9.17, 15) is 4.79 Å². The van der Waals surface area contributed by atoms with Crippen LogP contribution in [0.2, 0.25) is 0 Å². The van der Waals surface area contributed by atoms with Gasteiger partial charge in [0.25, 0.3) is 5.56 Å². The predicted molar refractivity (Wildman–Crippen MR) is 82.1 cm³/mol. The topological polar surface area (TPSA) is 63.0 Å². The van der Waals surface area contributed by atoms with Crippen molar-refractivity contribution in [2.75, 3.05) is 0 Å². The molecule has 0 spiro atoms. The summed E-state index contributed by atoms with van der Waals surface area (Å²) in [6.07, 6.45) is 1.66. The van der Waals surface area contributed by atoms with Gasteiger partial charge in [-0.3, -0.25) is 9.89 Å². The lowest BCUT2D eigenvalue weighted by Gasteiger charge is -2.06. The van der Waals surface area contributed by atoms with Gasteiger partial charge in [0.15, 0.2) is 0 Å². The molecule has 0 radical (unpaired) electrons. The van der Waals surface area contributed by atoms with Crippen LogP contribution >= 0.6 is 12.2 Å². The summed E-state index contributed by atoms with van der Waals surface area (Å²) in [5, 5.41) is 10.6. The Morgan fingerprint density at radius 1 is 1.25 bits per heavy atom. The van der Waals surface area contributed by atoms with Crippen molar-refractivity contribution >= 4 is 18.4 Å². The fourth-order valence-electron chi connectivity index (χ4n) is 2.09. The molecule has 0 aliphatic heterocycles. The molecule has 0 amide bonds. The van der Waals surface area contributed by atoms with Crippen molar-refractivity contribution in [1.29, 1.82) is 0 Å². The maximum absolute atomic E-state index is 11.9. The maximum atomic E-state index is 11.9. The first-order valence-electron chi connectivity index (χ1n) is 6.20. The molecule has 1 N–H and O–H groups in total. The van der Waals surface area contributed by atoms with E-state index in [1.165, 1.54) is 5.56 Å². The second kappa shape index (κ2) is 5.50. The Kier molecular flexibility index (Phi) is 3.94. The normalized spacial score (nSPS) is 11.2. The standard InChI is InChI=1S/C14H16N4OS/c1-8-5-9(2)12(10(3)6-8)7-15-18-13(19)11(4)16-17-14(18)20/h5-7H,1-4H3,(H,17,20)/b15-7+. The van der Waals surface area contributed by atoms with Crippen molar-refractivity contribution in [1.82, 2.24) is 14.9 Å². The minimum absolute atomic E-state index is 0.180. The average molecular weight is 288 g/mol. The Bertz CT molecular complexity index is 779. The first-order valence-corrected chi connectivity index (χ1v) is 6.61. The highest BCUT2D eigenvalue weighted by Gasteiger charge is 2.03. The fourth-order valence-corrected chi connectivity index (χ4v) is 2.26. The van der Waals surface area contributed by atoms with Gasteiger partial charge < -0.3 is 0 Å². The van der Waals surface area contributed by atoms with Crippen LogP contribution in [0.3, 0.4) is 0 Å². The molecule has 2 rings (SSSR count). The van der Waals surface area contributed by atoms with Gasteiger partial charge in [0.05, 0.1) is 6.21 Å². The number of benzene rings is 1. The van der Waals surface area contributed by atoms with Gasteiger partial charge in [-0.05, 0) is 51.0 Å². The SMILES string of the molecule is Cc1cc(C)c(/C=N/n2c(=S)[nH]nc(C)c2=O)c(C)c1. The first kappa shape index (κ1) is 14.3. The second-order valence-corrected chi connectivity index (χ2v) is 5.17. The number of hydrogen-bond donors (Lipinski definition) is 1. The number of nitrogens with one attached hydrogen (secondary N) is 1. The number of aromatic nitrogens is 3. The summed E-state index contributed by atoms with van der Waals surface area (Å²) in [6.45, 7) is 7.70. The van der Waals surface area contributed by atoms with Crippen molar-refractivity contribution in [3.63, 3.8) is 0 Å². The smallest absolute Gasteiger partial charge is 0.265 e. The number of aromatic amines is 1. The molecule has 5 nitrogen and oxygen atoms in total. The molecule has 104 valence electrons. The van der Waals surface area contributed by atoms with E-state index in [1.54, 1.807) is 13.1 Å². The molecule has 0 bridgehead atoms. The van der Waals surface area contributed by atoms with Gasteiger partial charge in [-0.2, -0.15) is 14.9 Å². The Labute approximate surface area is 122 Å². The minimum Gasteiger partial charge on any atom is -0.265 e. The molecule has 0 saturated carbocycles. The third-order valence-electron chi connectivity index (χ3n) is 3.05. The summed E-state index contributed by atoms with van der Waals surface area (Å²) >= 11 is 5.03. The number of H-pyrrole nitrogens is 1. The van der Waals surface area contributed by atoms with Gasteiger partial charge in [-0.25, -0.2) is 0 Å². The summed E-state index contributed by atoms with van der Waals surface area (Å²) in [4.78, 5) is 11.9. The van der Waals surface area contributed by atoms with Gasteiger partial charge in [0.1, 0.15) is 5.69 Å². The molecule has 0 aliphatic carbocycles. The van der Waals surface area contributed by atoms with Crippen molar-refractivity contribution in [3.05, 3.63) is 55.2 Å². The monoisotopic (exact) mass is 288 g/mol. The van der Waals surface area contributed by atoms with Crippen LogP contribution in [-0.4, -0.2) is 21.1 Å². The predicted octanol–water partition coefficient (Wildman–Crippen LogP) is 2.42. The van der Waals surface area contributed by atoms with Crippen molar-refractivity contribution in [2.45, 2.75) is 27.7 Å². The van der Waals surface area contributed by atoms with Crippen LogP contribution < -0.4 is 5.56 Å². The quantitative estimate of drug-likeness (QED) is 0.682. The third-order valence-corrected chi connectivity index (χ3v) is 3.32. The van der Waals surface area contributed by atoms with E-state index in [2.05, 4.69) is 27.4 Å². The molecule has 0 fully saturated rings. The molecule has 6 heteroatoms. The van der Waals surface area contributed by atoms with E-state index in [-0.39, 0.29) is 10.3 Å². The van der Waals surface area contributed by atoms with E-state index in [0.717, 1.165) is 21.4 Å². The summed E-state index contributed by atoms with van der Waals surface area (Å²) in [5.74, 6) is 0. The lowest BCUT2D eigenvalue weighted by atomic mass is 10.0. The van der Waals surface area contributed by atoms with E-state index in [1.807, 2.05) is 20.8 Å². The van der Waals surface area contributed by atoms with Crippen LogP contribution in [0.4, 0.5) is 0 Å².